The predicted octanol–water partition coefficient (Wildman–Crippen LogP) is 2.68. The van der Waals surface area contributed by atoms with E-state index in [0.29, 0.717) is 5.56 Å². The van der Waals surface area contributed by atoms with Gasteiger partial charge >= 0.3 is 0 Å². The van der Waals surface area contributed by atoms with Gasteiger partial charge in [0.25, 0.3) is 0 Å². The smallest absolute Gasteiger partial charge is 0.0994 e. The zero-order valence-corrected chi connectivity index (χ0v) is 6.57. The van der Waals surface area contributed by atoms with Gasteiger partial charge in [0.05, 0.1) is 17.4 Å². The van der Waals surface area contributed by atoms with Crippen LogP contribution in [0.15, 0.2) is 24.3 Å². The van der Waals surface area contributed by atoms with Crippen LogP contribution in [0.2, 0.25) is 0 Å². The van der Waals surface area contributed by atoms with Crippen molar-refractivity contribution in [3.8, 4) is 6.07 Å². The van der Waals surface area contributed by atoms with Crippen LogP contribution >= 0.6 is 12.1 Å². The highest BCUT2D eigenvalue weighted by Gasteiger charge is 1.98. The van der Waals surface area contributed by atoms with Crippen LogP contribution in [0.4, 0.5) is 3.89 Å². The quantitative estimate of drug-likeness (QED) is 0.676. The number of rotatable bonds is 2. The molecule has 0 aliphatic carbocycles. The second-order valence-corrected chi connectivity index (χ2v) is 2.53. The summed E-state index contributed by atoms with van der Waals surface area (Å²) in [6.07, 6.45) is 0. The molecule has 1 aromatic rings. The lowest BCUT2D eigenvalue weighted by Crippen LogP contribution is -1.84. The van der Waals surface area contributed by atoms with Gasteiger partial charge in [0.1, 0.15) is 0 Å². The van der Waals surface area contributed by atoms with E-state index in [4.69, 9.17) is 5.26 Å². The average molecular weight is 167 g/mol. The number of hydrogen-bond acceptors (Lipinski definition) is 2. The number of nitriles is 1. The van der Waals surface area contributed by atoms with E-state index in [1.165, 1.54) is 0 Å². The fraction of sp³-hybridized carbons (Fsp3) is 0.125. The lowest BCUT2D eigenvalue weighted by molar-refractivity contribution is 0.932. The monoisotopic (exact) mass is 167 g/mol. The topological polar surface area (TPSA) is 23.8 Å². The summed E-state index contributed by atoms with van der Waals surface area (Å²) in [7, 11) is 0. The first-order chi connectivity index (χ1) is 5.38. The van der Waals surface area contributed by atoms with Gasteiger partial charge in [0.2, 0.25) is 0 Å². The molecule has 0 bridgehead atoms. The Bertz CT molecular complexity index is 280. The Morgan fingerprint density at radius 3 is 2.82 bits per heavy atom. The van der Waals surface area contributed by atoms with Crippen molar-refractivity contribution in [3.05, 3.63) is 35.4 Å². The molecule has 0 unspecified atom stereocenters. The molecule has 0 aliphatic heterocycles. The third-order valence-electron chi connectivity index (χ3n) is 1.35. The normalized spacial score (nSPS) is 9.09. The fourth-order valence-corrected chi connectivity index (χ4v) is 1.18. The van der Waals surface area contributed by atoms with Gasteiger partial charge in [-0.25, -0.2) is 0 Å². The highest BCUT2D eigenvalue weighted by Crippen LogP contribution is 2.15. The maximum absolute atomic E-state index is 11.8. The van der Waals surface area contributed by atoms with Crippen LogP contribution in [-0.2, 0) is 5.75 Å². The molecule has 0 spiro atoms. The Morgan fingerprint density at radius 1 is 1.45 bits per heavy atom. The minimum atomic E-state index is 0.233. The first kappa shape index (κ1) is 8.09. The molecule has 0 radical (unpaired) electrons. The minimum absolute atomic E-state index is 0.233. The lowest BCUT2D eigenvalue weighted by Gasteiger charge is -1.96. The van der Waals surface area contributed by atoms with Crippen LogP contribution < -0.4 is 0 Å². The van der Waals surface area contributed by atoms with E-state index in [2.05, 4.69) is 0 Å². The van der Waals surface area contributed by atoms with E-state index in [0.717, 1.165) is 5.56 Å². The number of halogens is 1. The van der Waals surface area contributed by atoms with Gasteiger partial charge in [-0.3, -0.25) is 0 Å². The standard InChI is InChI=1S/C8H6FNS/c9-11-6-8-4-2-1-3-7(8)5-10/h1-4H,6H2. The molecule has 1 aromatic carbocycles. The number of nitrogens with zero attached hydrogens (tertiary/aromatic N) is 1. The van der Waals surface area contributed by atoms with Crippen LogP contribution in [0.1, 0.15) is 11.1 Å². The summed E-state index contributed by atoms with van der Waals surface area (Å²) in [6, 6.07) is 9.01. The van der Waals surface area contributed by atoms with Crippen molar-refractivity contribution in [1.29, 1.82) is 5.26 Å². The van der Waals surface area contributed by atoms with Gasteiger partial charge < -0.3 is 0 Å². The Balaban J connectivity index is 2.95. The van der Waals surface area contributed by atoms with Crippen molar-refractivity contribution in [2.75, 3.05) is 0 Å². The van der Waals surface area contributed by atoms with Crippen LogP contribution in [0.25, 0.3) is 0 Å². The van der Waals surface area contributed by atoms with E-state index in [1.807, 2.05) is 6.07 Å². The van der Waals surface area contributed by atoms with Crippen molar-refractivity contribution in [2.45, 2.75) is 5.75 Å². The third kappa shape index (κ3) is 1.95. The number of hydrogen-bond donors (Lipinski definition) is 0. The van der Waals surface area contributed by atoms with Crippen molar-refractivity contribution in [3.63, 3.8) is 0 Å². The SMILES string of the molecule is N#Cc1ccccc1CSF. The summed E-state index contributed by atoms with van der Waals surface area (Å²) in [5.74, 6) is 0.254. The van der Waals surface area contributed by atoms with Gasteiger partial charge in [0.15, 0.2) is 0 Å². The third-order valence-corrected chi connectivity index (χ3v) is 1.77. The van der Waals surface area contributed by atoms with Crippen molar-refractivity contribution in [1.82, 2.24) is 0 Å². The van der Waals surface area contributed by atoms with E-state index in [9.17, 15) is 3.89 Å². The molecule has 56 valence electrons. The summed E-state index contributed by atoms with van der Waals surface area (Å²) in [5, 5.41) is 8.56. The molecule has 3 heteroatoms. The molecule has 0 atom stereocenters. The Labute approximate surface area is 69.1 Å². The number of benzene rings is 1. The predicted molar refractivity (Wildman–Crippen MR) is 43.6 cm³/mol. The highest BCUT2D eigenvalue weighted by molar-refractivity contribution is 7.93. The van der Waals surface area contributed by atoms with Crippen LogP contribution in [-0.4, -0.2) is 0 Å². The Kier molecular flexibility index (Phi) is 2.94. The Hall–Kier alpha value is -1.01. The maximum atomic E-state index is 11.8. The zero-order valence-electron chi connectivity index (χ0n) is 5.75. The molecular weight excluding hydrogens is 161 g/mol. The second kappa shape index (κ2) is 3.99. The Morgan fingerprint density at radius 2 is 2.18 bits per heavy atom. The summed E-state index contributed by atoms with van der Waals surface area (Å²) < 4.78 is 11.8. The van der Waals surface area contributed by atoms with E-state index >= 15 is 0 Å². The minimum Gasteiger partial charge on any atom is -0.192 e. The van der Waals surface area contributed by atoms with Crippen LogP contribution in [0.5, 0.6) is 0 Å². The maximum Gasteiger partial charge on any atom is 0.0994 e. The van der Waals surface area contributed by atoms with E-state index in [-0.39, 0.29) is 17.9 Å². The summed E-state index contributed by atoms with van der Waals surface area (Å²) in [6.45, 7) is 0. The van der Waals surface area contributed by atoms with E-state index < -0.39 is 0 Å². The van der Waals surface area contributed by atoms with Gasteiger partial charge in [-0.05, 0) is 11.6 Å². The molecule has 0 N–H and O–H groups in total. The lowest BCUT2D eigenvalue weighted by atomic mass is 10.1. The largest absolute Gasteiger partial charge is 0.192 e. The zero-order chi connectivity index (χ0) is 8.10. The first-order valence-electron chi connectivity index (χ1n) is 3.10. The molecule has 0 heterocycles. The average Bonchev–Trinajstić information content (AvgIpc) is 2.06. The van der Waals surface area contributed by atoms with Crippen molar-refractivity contribution in [2.24, 2.45) is 0 Å². The van der Waals surface area contributed by atoms with Gasteiger partial charge in [0, 0.05) is 12.1 Å². The summed E-state index contributed by atoms with van der Waals surface area (Å²) in [5.41, 5.74) is 1.31. The molecular formula is C8H6FNS. The van der Waals surface area contributed by atoms with Crippen LogP contribution in [0, 0.1) is 11.3 Å². The van der Waals surface area contributed by atoms with Crippen molar-refractivity contribution >= 4 is 12.1 Å². The van der Waals surface area contributed by atoms with Crippen LogP contribution in [0.3, 0.4) is 0 Å². The summed E-state index contributed by atoms with van der Waals surface area (Å²) >= 11 is 0.233. The van der Waals surface area contributed by atoms with Crippen molar-refractivity contribution < 1.29 is 3.89 Å². The molecule has 1 nitrogen and oxygen atoms in total. The highest BCUT2D eigenvalue weighted by atomic mass is 32.2. The first-order valence-corrected chi connectivity index (χ1v) is 3.98. The fourth-order valence-electron chi connectivity index (χ4n) is 0.814. The molecule has 0 saturated heterocycles. The van der Waals surface area contributed by atoms with Gasteiger partial charge in [-0.15, -0.1) is 0 Å². The molecule has 0 aliphatic rings. The molecule has 0 aromatic heterocycles. The van der Waals surface area contributed by atoms with Gasteiger partial charge in [-0.2, -0.15) is 9.15 Å². The summed E-state index contributed by atoms with van der Waals surface area (Å²) in [4.78, 5) is 0. The molecule has 11 heavy (non-hydrogen) atoms. The van der Waals surface area contributed by atoms with E-state index in [1.54, 1.807) is 24.3 Å². The van der Waals surface area contributed by atoms with Gasteiger partial charge in [-0.1, -0.05) is 18.2 Å². The molecule has 0 amide bonds. The molecule has 0 fully saturated rings. The second-order valence-electron chi connectivity index (χ2n) is 2.02. The molecule has 0 saturated carbocycles. The molecule has 1 rings (SSSR count).